The lowest BCUT2D eigenvalue weighted by Crippen LogP contribution is -2.24. The van der Waals surface area contributed by atoms with Crippen LogP contribution in [0.25, 0.3) is 0 Å². The average Bonchev–Trinajstić information content (AvgIpc) is 2.85. The summed E-state index contributed by atoms with van der Waals surface area (Å²) in [5.41, 5.74) is 0.594. The molecule has 1 aliphatic rings. The van der Waals surface area contributed by atoms with E-state index in [4.69, 9.17) is 8.92 Å². The Bertz CT molecular complexity index is 765. The van der Waals surface area contributed by atoms with Gasteiger partial charge in [-0.15, -0.1) is 0 Å². The van der Waals surface area contributed by atoms with Crippen LogP contribution in [0.2, 0.25) is 0 Å². The summed E-state index contributed by atoms with van der Waals surface area (Å²) in [6.07, 6.45) is 3.11. The number of carbonyl (C=O) groups excluding carboxylic acids is 1. The number of ether oxygens (including phenoxy) is 1. The van der Waals surface area contributed by atoms with Gasteiger partial charge in [-0.2, -0.15) is 8.42 Å². The van der Waals surface area contributed by atoms with E-state index in [1.165, 1.54) is 13.2 Å². The van der Waals surface area contributed by atoms with Crippen molar-refractivity contribution in [1.82, 2.24) is 4.57 Å². The lowest BCUT2D eigenvalue weighted by Gasteiger charge is -2.20. The van der Waals surface area contributed by atoms with Crippen LogP contribution in [-0.4, -0.2) is 38.7 Å². The van der Waals surface area contributed by atoms with Crippen molar-refractivity contribution in [2.75, 3.05) is 20.0 Å². The smallest absolute Gasteiger partial charge is 0.264 e. The molecule has 8 heteroatoms. The van der Waals surface area contributed by atoms with Crippen molar-refractivity contribution >= 4 is 15.9 Å². The highest BCUT2D eigenvalue weighted by atomic mass is 32.2. The zero-order valence-corrected chi connectivity index (χ0v) is 14.3. The van der Waals surface area contributed by atoms with Gasteiger partial charge >= 0.3 is 0 Å². The van der Waals surface area contributed by atoms with E-state index < -0.39 is 10.1 Å². The van der Waals surface area contributed by atoms with E-state index in [2.05, 4.69) is 0 Å². The predicted octanol–water partition coefficient (Wildman–Crippen LogP) is 1.30. The zero-order valence-electron chi connectivity index (χ0n) is 13.5. The van der Waals surface area contributed by atoms with Crippen molar-refractivity contribution in [2.45, 2.75) is 38.6 Å². The van der Waals surface area contributed by atoms with E-state index in [1.54, 1.807) is 4.57 Å². The first-order chi connectivity index (χ1) is 10.8. The Morgan fingerprint density at radius 1 is 1.43 bits per heavy atom. The van der Waals surface area contributed by atoms with Crippen LogP contribution < -0.4 is 10.2 Å². The van der Waals surface area contributed by atoms with Gasteiger partial charge in [0.1, 0.15) is 5.69 Å². The van der Waals surface area contributed by atoms with Crippen LogP contribution in [0.4, 0.5) is 0 Å². The molecule has 0 spiro atoms. The SMILES string of the molecule is CCCC(=O)c1c(OC)c(=O)cc2n1C(COS(C)(=O)=O)CC2. The molecule has 0 aromatic carbocycles. The number of aryl methyl sites for hydroxylation is 1. The molecule has 1 unspecified atom stereocenters. The lowest BCUT2D eigenvalue weighted by atomic mass is 10.1. The molecule has 1 aliphatic heterocycles. The molecular formula is C15H21NO6S. The molecule has 0 N–H and O–H groups in total. The van der Waals surface area contributed by atoms with Gasteiger partial charge in [0.2, 0.25) is 5.43 Å². The summed E-state index contributed by atoms with van der Waals surface area (Å²) in [5.74, 6) is -0.173. The first-order valence-electron chi connectivity index (χ1n) is 7.48. The summed E-state index contributed by atoms with van der Waals surface area (Å²) in [7, 11) is -2.22. The van der Waals surface area contributed by atoms with Crippen molar-refractivity contribution in [3.05, 3.63) is 27.7 Å². The second-order valence-electron chi connectivity index (χ2n) is 5.61. The fourth-order valence-electron chi connectivity index (χ4n) is 2.87. The Kier molecular flexibility index (Phi) is 5.26. The Balaban J connectivity index is 2.51. The van der Waals surface area contributed by atoms with Crippen LogP contribution in [0.5, 0.6) is 5.75 Å². The molecule has 0 aliphatic carbocycles. The van der Waals surface area contributed by atoms with Gasteiger partial charge < -0.3 is 9.30 Å². The molecule has 0 radical (unpaired) electrons. The zero-order chi connectivity index (χ0) is 17.2. The molecule has 1 aromatic heterocycles. The van der Waals surface area contributed by atoms with Crippen molar-refractivity contribution in [3.63, 3.8) is 0 Å². The van der Waals surface area contributed by atoms with E-state index >= 15 is 0 Å². The quantitative estimate of drug-likeness (QED) is 0.547. The van der Waals surface area contributed by atoms with Crippen molar-refractivity contribution in [3.8, 4) is 5.75 Å². The van der Waals surface area contributed by atoms with Crippen LogP contribution in [0, 0.1) is 0 Å². The van der Waals surface area contributed by atoms with E-state index in [0.717, 1.165) is 6.26 Å². The molecule has 1 aromatic rings. The van der Waals surface area contributed by atoms with Crippen molar-refractivity contribution < 1.29 is 22.1 Å². The first kappa shape index (κ1) is 17.7. The molecular weight excluding hydrogens is 322 g/mol. The molecule has 2 rings (SSSR count). The number of hydrogen-bond acceptors (Lipinski definition) is 6. The maximum Gasteiger partial charge on any atom is 0.264 e. The number of pyridine rings is 1. The summed E-state index contributed by atoms with van der Waals surface area (Å²) in [6, 6.07) is 1.13. The average molecular weight is 343 g/mol. The molecule has 0 saturated heterocycles. The maximum absolute atomic E-state index is 12.5. The number of aromatic nitrogens is 1. The van der Waals surface area contributed by atoms with E-state index in [-0.39, 0.29) is 35.3 Å². The number of rotatable bonds is 7. The minimum atomic E-state index is -3.57. The Hall–Kier alpha value is -1.67. The number of nitrogens with zero attached hydrogens (tertiary/aromatic N) is 1. The second kappa shape index (κ2) is 6.84. The monoisotopic (exact) mass is 343 g/mol. The molecule has 0 amide bonds. The Morgan fingerprint density at radius 3 is 2.70 bits per heavy atom. The van der Waals surface area contributed by atoms with Gasteiger partial charge in [-0.05, 0) is 19.3 Å². The van der Waals surface area contributed by atoms with E-state index in [1.807, 2.05) is 6.92 Å². The molecule has 0 fully saturated rings. The third-order valence-electron chi connectivity index (χ3n) is 3.81. The fraction of sp³-hybridized carbons (Fsp3) is 0.600. The summed E-state index contributed by atoms with van der Waals surface area (Å²) in [5, 5.41) is 0. The highest BCUT2D eigenvalue weighted by Gasteiger charge is 2.31. The number of carbonyl (C=O) groups is 1. The van der Waals surface area contributed by atoms with Crippen LogP contribution in [0.1, 0.15) is 48.4 Å². The van der Waals surface area contributed by atoms with E-state index in [0.29, 0.717) is 31.4 Å². The highest BCUT2D eigenvalue weighted by Crippen LogP contribution is 2.31. The van der Waals surface area contributed by atoms with Gasteiger partial charge in [0.05, 0.1) is 26.0 Å². The third-order valence-corrected chi connectivity index (χ3v) is 4.37. The summed E-state index contributed by atoms with van der Waals surface area (Å²) in [4.78, 5) is 24.6. The van der Waals surface area contributed by atoms with Crippen molar-refractivity contribution in [1.29, 1.82) is 0 Å². The standard InChI is InChI=1S/C15H21NO6S/c1-4-5-12(17)14-15(21-2)13(18)8-10-6-7-11(16(10)14)9-22-23(3,19)20/h8,11H,4-7,9H2,1-3H3. The van der Waals surface area contributed by atoms with Crippen LogP contribution in [0.15, 0.2) is 10.9 Å². The number of Topliss-reactive ketones (excluding diaryl/α,β-unsaturated/α-hetero) is 1. The highest BCUT2D eigenvalue weighted by molar-refractivity contribution is 7.85. The predicted molar refractivity (Wildman–Crippen MR) is 84.6 cm³/mol. The molecule has 0 saturated carbocycles. The van der Waals surface area contributed by atoms with Gasteiger partial charge in [-0.25, -0.2) is 0 Å². The summed E-state index contributed by atoms with van der Waals surface area (Å²) < 4.78 is 34.2. The number of methoxy groups -OCH3 is 1. The second-order valence-corrected chi connectivity index (χ2v) is 7.25. The molecule has 7 nitrogen and oxygen atoms in total. The van der Waals surface area contributed by atoms with Crippen LogP contribution >= 0.6 is 0 Å². The molecule has 23 heavy (non-hydrogen) atoms. The number of ketones is 1. The number of hydrogen-bond donors (Lipinski definition) is 0. The summed E-state index contributed by atoms with van der Waals surface area (Å²) >= 11 is 0. The molecule has 1 atom stereocenters. The van der Waals surface area contributed by atoms with Gasteiger partial charge in [-0.1, -0.05) is 6.92 Å². The van der Waals surface area contributed by atoms with E-state index in [9.17, 15) is 18.0 Å². The third kappa shape index (κ3) is 3.81. The first-order valence-corrected chi connectivity index (χ1v) is 9.30. The number of fused-ring (bicyclic) bond motifs is 1. The molecule has 0 bridgehead atoms. The Morgan fingerprint density at radius 2 is 2.13 bits per heavy atom. The minimum Gasteiger partial charge on any atom is -0.491 e. The topological polar surface area (TPSA) is 91.7 Å². The van der Waals surface area contributed by atoms with Gasteiger partial charge in [0, 0.05) is 18.2 Å². The van der Waals surface area contributed by atoms with Gasteiger partial charge in [0.15, 0.2) is 11.5 Å². The normalized spacial score (nSPS) is 17.1. The molecule has 2 heterocycles. The maximum atomic E-state index is 12.5. The largest absolute Gasteiger partial charge is 0.491 e. The fourth-order valence-corrected chi connectivity index (χ4v) is 3.28. The van der Waals surface area contributed by atoms with Crippen LogP contribution in [-0.2, 0) is 20.7 Å². The van der Waals surface area contributed by atoms with Crippen LogP contribution in [0.3, 0.4) is 0 Å². The van der Waals surface area contributed by atoms with Gasteiger partial charge in [-0.3, -0.25) is 13.8 Å². The Labute approximate surface area is 135 Å². The van der Waals surface area contributed by atoms with Crippen molar-refractivity contribution in [2.24, 2.45) is 0 Å². The lowest BCUT2D eigenvalue weighted by molar-refractivity contribution is 0.0964. The minimum absolute atomic E-state index is 0.0125. The molecule has 128 valence electrons. The summed E-state index contributed by atoms with van der Waals surface area (Å²) in [6.45, 7) is 1.81. The van der Waals surface area contributed by atoms with Gasteiger partial charge in [0.25, 0.3) is 10.1 Å².